The maximum atomic E-state index is 12.4. The maximum Gasteiger partial charge on any atom is 0.260 e. The number of para-hydroxylation sites is 1. The van der Waals surface area contributed by atoms with E-state index in [1.54, 1.807) is 6.20 Å². The third-order valence-corrected chi connectivity index (χ3v) is 5.55. The molecule has 8 heteroatoms. The Balaban J connectivity index is 1.36. The zero-order chi connectivity index (χ0) is 19.3. The molecule has 1 amide bonds. The van der Waals surface area contributed by atoms with Crippen LogP contribution in [0.4, 0.5) is 0 Å². The Morgan fingerprint density at radius 3 is 2.75 bits per heavy atom. The van der Waals surface area contributed by atoms with E-state index < -0.39 is 0 Å². The molecule has 28 heavy (non-hydrogen) atoms. The minimum atomic E-state index is -0.176. The number of carbonyl (C=O) groups excluding carboxylic acids is 1. The molecule has 0 spiro atoms. The standard InChI is InChI=1S/C20H20N4O3S/c25-17-12-16(20-21-8-11-28-20)22-19(23-17)14-6-9-24(10-7-14)18(26)13-27-15-4-2-1-3-5-15/h1-5,8,11-12,14H,6-7,9-10,13H2,(H,22,23,25). The molecule has 0 radical (unpaired) electrons. The van der Waals surface area contributed by atoms with Gasteiger partial charge in [0, 0.05) is 36.7 Å². The first-order valence-corrected chi connectivity index (χ1v) is 10.0. The van der Waals surface area contributed by atoms with Crippen molar-refractivity contribution >= 4 is 17.2 Å². The van der Waals surface area contributed by atoms with E-state index in [1.165, 1.54) is 17.4 Å². The molecule has 0 atom stereocenters. The number of aromatic amines is 1. The lowest BCUT2D eigenvalue weighted by molar-refractivity contribution is -0.134. The van der Waals surface area contributed by atoms with Gasteiger partial charge in [0.25, 0.3) is 11.5 Å². The highest BCUT2D eigenvalue weighted by molar-refractivity contribution is 7.13. The van der Waals surface area contributed by atoms with Crippen LogP contribution in [0.1, 0.15) is 24.6 Å². The van der Waals surface area contributed by atoms with E-state index in [2.05, 4.69) is 15.0 Å². The van der Waals surface area contributed by atoms with E-state index in [-0.39, 0.29) is 24.0 Å². The molecule has 2 aromatic heterocycles. The minimum absolute atomic E-state index is 0.0275. The number of thiazole rings is 1. The molecule has 7 nitrogen and oxygen atoms in total. The average Bonchev–Trinajstić information content (AvgIpc) is 3.27. The largest absolute Gasteiger partial charge is 0.484 e. The topological polar surface area (TPSA) is 88.2 Å². The van der Waals surface area contributed by atoms with Crippen LogP contribution in [-0.2, 0) is 4.79 Å². The Morgan fingerprint density at radius 2 is 2.04 bits per heavy atom. The van der Waals surface area contributed by atoms with Gasteiger partial charge in [0.1, 0.15) is 22.3 Å². The van der Waals surface area contributed by atoms with Gasteiger partial charge in [-0.1, -0.05) is 18.2 Å². The number of benzene rings is 1. The summed E-state index contributed by atoms with van der Waals surface area (Å²) in [6.45, 7) is 1.27. The first kappa shape index (κ1) is 18.4. The molecule has 1 aliphatic heterocycles. The Kier molecular flexibility index (Phi) is 5.48. The smallest absolute Gasteiger partial charge is 0.260 e. The van der Waals surface area contributed by atoms with Gasteiger partial charge < -0.3 is 14.6 Å². The van der Waals surface area contributed by atoms with Crippen LogP contribution >= 0.6 is 11.3 Å². The summed E-state index contributed by atoms with van der Waals surface area (Å²) < 4.78 is 5.55. The molecule has 144 valence electrons. The van der Waals surface area contributed by atoms with E-state index in [0.29, 0.717) is 30.4 Å². The second kappa shape index (κ2) is 8.35. The van der Waals surface area contributed by atoms with Crippen LogP contribution in [0.3, 0.4) is 0 Å². The van der Waals surface area contributed by atoms with Crippen molar-refractivity contribution in [2.75, 3.05) is 19.7 Å². The lowest BCUT2D eigenvalue weighted by Crippen LogP contribution is -2.41. The van der Waals surface area contributed by atoms with Crippen LogP contribution in [-0.4, -0.2) is 45.5 Å². The van der Waals surface area contributed by atoms with E-state index >= 15 is 0 Å². The van der Waals surface area contributed by atoms with Crippen molar-refractivity contribution in [2.24, 2.45) is 0 Å². The highest BCUT2D eigenvalue weighted by Crippen LogP contribution is 2.27. The van der Waals surface area contributed by atoms with Gasteiger partial charge in [-0.05, 0) is 25.0 Å². The first-order chi connectivity index (χ1) is 13.7. The molecule has 0 unspecified atom stereocenters. The number of likely N-dealkylation sites (tertiary alicyclic amines) is 1. The number of piperidine rings is 1. The summed E-state index contributed by atoms with van der Waals surface area (Å²) in [5.74, 6) is 1.45. The number of nitrogens with one attached hydrogen (secondary N) is 1. The molecule has 1 aromatic carbocycles. The quantitative estimate of drug-likeness (QED) is 0.716. The van der Waals surface area contributed by atoms with E-state index in [4.69, 9.17) is 4.74 Å². The van der Waals surface area contributed by atoms with Gasteiger partial charge >= 0.3 is 0 Å². The molecule has 3 aromatic rings. The summed E-state index contributed by atoms with van der Waals surface area (Å²) in [5, 5.41) is 2.59. The van der Waals surface area contributed by atoms with Crippen LogP contribution in [0.25, 0.3) is 10.7 Å². The SMILES string of the molecule is O=C(COc1ccccc1)N1CCC(c2nc(-c3nccs3)cc(=O)[nH]2)CC1. The van der Waals surface area contributed by atoms with Gasteiger partial charge in [0.05, 0.1) is 0 Å². The van der Waals surface area contributed by atoms with Gasteiger partial charge in [0.2, 0.25) is 0 Å². The highest BCUT2D eigenvalue weighted by atomic mass is 32.1. The zero-order valence-corrected chi connectivity index (χ0v) is 16.0. The van der Waals surface area contributed by atoms with Gasteiger partial charge in [0.15, 0.2) is 6.61 Å². The number of rotatable bonds is 5. The summed E-state index contributed by atoms with van der Waals surface area (Å²) >= 11 is 1.45. The normalized spacial score (nSPS) is 14.8. The molecule has 1 aliphatic rings. The van der Waals surface area contributed by atoms with Gasteiger partial charge in [-0.15, -0.1) is 11.3 Å². The third-order valence-electron chi connectivity index (χ3n) is 4.75. The average molecular weight is 396 g/mol. The van der Waals surface area contributed by atoms with E-state index in [0.717, 1.165) is 17.8 Å². The van der Waals surface area contributed by atoms with Crippen LogP contribution in [0, 0.1) is 0 Å². The Labute approximate surface area is 166 Å². The van der Waals surface area contributed by atoms with Crippen molar-refractivity contribution in [1.29, 1.82) is 0 Å². The molecular weight excluding hydrogens is 376 g/mol. The third kappa shape index (κ3) is 4.28. The monoisotopic (exact) mass is 396 g/mol. The summed E-state index contributed by atoms with van der Waals surface area (Å²) in [7, 11) is 0. The van der Waals surface area contributed by atoms with Crippen molar-refractivity contribution < 1.29 is 9.53 Å². The molecule has 0 saturated carbocycles. The van der Waals surface area contributed by atoms with Crippen molar-refractivity contribution in [2.45, 2.75) is 18.8 Å². The van der Waals surface area contributed by atoms with Gasteiger partial charge in [-0.3, -0.25) is 9.59 Å². The van der Waals surface area contributed by atoms with Crippen molar-refractivity contribution in [3.05, 3.63) is 64.2 Å². The number of hydrogen-bond acceptors (Lipinski definition) is 6. The molecule has 3 heterocycles. The lowest BCUT2D eigenvalue weighted by Gasteiger charge is -2.31. The van der Waals surface area contributed by atoms with E-state index in [1.807, 2.05) is 40.6 Å². The molecule has 0 aliphatic carbocycles. The predicted octanol–water partition coefficient (Wildman–Crippen LogP) is 2.68. The summed E-state index contributed by atoms with van der Waals surface area (Å²) in [5.41, 5.74) is 0.425. The predicted molar refractivity (Wildman–Crippen MR) is 106 cm³/mol. The van der Waals surface area contributed by atoms with Crippen LogP contribution in [0.15, 0.2) is 52.8 Å². The fourth-order valence-corrected chi connectivity index (χ4v) is 3.88. The number of H-pyrrole nitrogens is 1. The summed E-state index contributed by atoms with van der Waals surface area (Å²) in [6, 6.07) is 10.8. The summed E-state index contributed by atoms with van der Waals surface area (Å²) in [4.78, 5) is 37.9. The fraction of sp³-hybridized carbons (Fsp3) is 0.300. The Morgan fingerprint density at radius 1 is 1.25 bits per heavy atom. The van der Waals surface area contributed by atoms with Crippen LogP contribution in [0.2, 0.25) is 0 Å². The molecular formula is C20H20N4O3S. The number of aromatic nitrogens is 3. The lowest BCUT2D eigenvalue weighted by atomic mass is 9.96. The minimum Gasteiger partial charge on any atom is -0.484 e. The number of hydrogen-bond donors (Lipinski definition) is 1. The number of ether oxygens (including phenoxy) is 1. The molecule has 4 rings (SSSR count). The number of carbonyl (C=O) groups is 1. The zero-order valence-electron chi connectivity index (χ0n) is 15.2. The van der Waals surface area contributed by atoms with Crippen LogP contribution < -0.4 is 10.3 Å². The van der Waals surface area contributed by atoms with Crippen molar-refractivity contribution in [3.63, 3.8) is 0 Å². The maximum absolute atomic E-state index is 12.4. The highest BCUT2D eigenvalue weighted by Gasteiger charge is 2.26. The van der Waals surface area contributed by atoms with Gasteiger partial charge in [-0.2, -0.15) is 0 Å². The molecule has 1 N–H and O–H groups in total. The second-order valence-electron chi connectivity index (χ2n) is 6.61. The summed E-state index contributed by atoms with van der Waals surface area (Å²) in [6.07, 6.45) is 3.20. The van der Waals surface area contributed by atoms with Crippen LogP contribution in [0.5, 0.6) is 5.75 Å². The Hall–Kier alpha value is -3.00. The van der Waals surface area contributed by atoms with E-state index in [9.17, 15) is 9.59 Å². The van der Waals surface area contributed by atoms with Crippen molar-refractivity contribution in [1.82, 2.24) is 19.9 Å². The number of nitrogens with zero attached hydrogens (tertiary/aromatic N) is 3. The number of amides is 1. The molecule has 0 bridgehead atoms. The first-order valence-electron chi connectivity index (χ1n) is 9.16. The second-order valence-corrected chi connectivity index (χ2v) is 7.50. The Bertz CT molecular complexity index is 980. The molecule has 1 saturated heterocycles. The van der Waals surface area contributed by atoms with Crippen molar-refractivity contribution in [3.8, 4) is 16.5 Å². The van der Waals surface area contributed by atoms with Gasteiger partial charge in [-0.25, -0.2) is 9.97 Å². The fourth-order valence-electron chi connectivity index (χ4n) is 3.28. The molecule has 1 fully saturated rings.